The predicted octanol–water partition coefficient (Wildman–Crippen LogP) is 1.06. The number of hydrogen-bond donors (Lipinski definition) is 1. The van der Waals surface area contributed by atoms with Crippen LogP contribution < -0.4 is 5.32 Å². The lowest BCUT2D eigenvalue weighted by atomic mass is 10.1. The van der Waals surface area contributed by atoms with Gasteiger partial charge in [0.15, 0.2) is 5.69 Å². The minimum Gasteiger partial charge on any atom is -0.464 e. The molecule has 0 bridgehead atoms. The maximum Gasteiger partial charge on any atom is 0.360 e. The van der Waals surface area contributed by atoms with Gasteiger partial charge in [-0.25, -0.2) is 9.78 Å². The van der Waals surface area contributed by atoms with Gasteiger partial charge in [-0.3, -0.25) is 0 Å². The molecule has 0 atom stereocenters. The molecule has 110 valence electrons. The van der Waals surface area contributed by atoms with Gasteiger partial charge in [-0.1, -0.05) is 6.07 Å². The van der Waals surface area contributed by atoms with Crippen LogP contribution in [0.2, 0.25) is 0 Å². The van der Waals surface area contributed by atoms with E-state index in [-0.39, 0.29) is 5.69 Å². The van der Waals surface area contributed by atoms with Gasteiger partial charge >= 0.3 is 5.97 Å². The first-order valence-electron chi connectivity index (χ1n) is 6.97. The lowest BCUT2D eigenvalue weighted by Crippen LogP contribution is -2.15. The van der Waals surface area contributed by atoms with E-state index >= 15 is 0 Å². The van der Waals surface area contributed by atoms with Crippen LogP contribution in [0.3, 0.4) is 0 Å². The maximum atomic E-state index is 11.3. The SMILES string of the molecule is COC(=O)c1cnn(CCc2ccc3c(n2)NCCC3)n1. The van der Waals surface area contributed by atoms with Crippen molar-refractivity contribution in [1.29, 1.82) is 0 Å². The number of aromatic nitrogens is 4. The number of carbonyl (C=O) groups is 1. The van der Waals surface area contributed by atoms with Crippen LogP contribution in [-0.2, 0) is 24.1 Å². The zero-order valence-electron chi connectivity index (χ0n) is 11.9. The largest absolute Gasteiger partial charge is 0.464 e. The summed E-state index contributed by atoms with van der Waals surface area (Å²) in [6, 6.07) is 4.16. The highest BCUT2D eigenvalue weighted by Crippen LogP contribution is 2.19. The van der Waals surface area contributed by atoms with Crippen molar-refractivity contribution in [2.75, 3.05) is 19.0 Å². The number of nitrogens with zero attached hydrogens (tertiary/aromatic N) is 4. The molecular formula is C14H17N5O2. The van der Waals surface area contributed by atoms with Crippen LogP contribution in [0.25, 0.3) is 0 Å². The Labute approximate surface area is 122 Å². The Morgan fingerprint density at radius 1 is 1.48 bits per heavy atom. The van der Waals surface area contributed by atoms with Gasteiger partial charge in [0, 0.05) is 18.7 Å². The molecule has 1 aliphatic heterocycles. The van der Waals surface area contributed by atoms with Gasteiger partial charge in [0.2, 0.25) is 0 Å². The van der Waals surface area contributed by atoms with Crippen LogP contribution in [0.5, 0.6) is 0 Å². The monoisotopic (exact) mass is 287 g/mol. The standard InChI is InChI=1S/C14H17N5O2/c1-21-14(20)12-9-16-19(18-12)8-6-11-5-4-10-3-2-7-15-13(10)17-11/h4-5,9H,2-3,6-8H2,1H3,(H,15,17). The van der Waals surface area contributed by atoms with Crippen molar-refractivity contribution in [2.45, 2.75) is 25.8 Å². The number of esters is 1. The Morgan fingerprint density at radius 2 is 2.38 bits per heavy atom. The van der Waals surface area contributed by atoms with Gasteiger partial charge in [-0.15, -0.1) is 5.10 Å². The fraction of sp³-hybridized carbons (Fsp3) is 0.429. The molecule has 21 heavy (non-hydrogen) atoms. The van der Waals surface area contributed by atoms with Gasteiger partial charge in [0.25, 0.3) is 0 Å². The molecule has 3 heterocycles. The van der Waals surface area contributed by atoms with E-state index in [0.717, 1.165) is 30.9 Å². The van der Waals surface area contributed by atoms with Crippen LogP contribution in [0.15, 0.2) is 18.3 Å². The summed E-state index contributed by atoms with van der Waals surface area (Å²) in [6.07, 6.45) is 4.36. The molecule has 2 aromatic heterocycles. The molecule has 0 amide bonds. The van der Waals surface area contributed by atoms with Crippen molar-refractivity contribution in [2.24, 2.45) is 0 Å². The highest BCUT2D eigenvalue weighted by Gasteiger charge is 2.12. The number of ether oxygens (including phenoxy) is 1. The fourth-order valence-corrected chi connectivity index (χ4v) is 2.33. The van der Waals surface area contributed by atoms with Crippen molar-refractivity contribution in [3.05, 3.63) is 35.3 Å². The molecule has 0 radical (unpaired) electrons. The molecule has 0 aromatic carbocycles. The molecule has 0 aliphatic carbocycles. The molecule has 0 fully saturated rings. The third-order valence-corrected chi connectivity index (χ3v) is 3.45. The third-order valence-electron chi connectivity index (χ3n) is 3.45. The molecule has 3 rings (SSSR count). The zero-order chi connectivity index (χ0) is 14.7. The van der Waals surface area contributed by atoms with Gasteiger partial charge in [-0.05, 0) is 24.5 Å². The Kier molecular flexibility index (Phi) is 3.81. The lowest BCUT2D eigenvalue weighted by molar-refractivity contribution is 0.0593. The average molecular weight is 287 g/mol. The first-order valence-corrected chi connectivity index (χ1v) is 6.97. The third kappa shape index (κ3) is 3.01. The number of hydrogen-bond acceptors (Lipinski definition) is 6. The number of aryl methyl sites for hydroxylation is 3. The summed E-state index contributed by atoms with van der Waals surface area (Å²) in [4.78, 5) is 17.4. The highest BCUT2D eigenvalue weighted by atomic mass is 16.5. The first kappa shape index (κ1) is 13.5. The van der Waals surface area contributed by atoms with E-state index in [1.54, 1.807) is 0 Å². The Morgan fingerprint density at radius 3 is 3.24 bits per heavy atom. The van der Waals surface area contributed by atoms with Gasteiger partial charge in [0.05, 0.1) is 19.9 Å². The number of fused-ring (bicyclic) bond motifs is 1. The quantitative estimate of drug-likeness (QED) is 0.847. The summed E-state index contributed by atoms with van der Waals surface area (Å²) < 4.78 is 4.60. The van der Waals surface area contributed by atoms with E-state index in [2.05, 4.69) is 31.3 Å². The Balaban J connectivity index is 1.65. The highest BCUT2D eigenvalue weighted by molar-refractivity contribution is 5.86. The first-order chi connectivity index (χ1) is 10.3. The smallest absolute Gasteiger partial charge is 0.360 e. The summed E-state index contributed by atoms with van der Waals surface area (Å²) >= 11 is 0. The number of nitrogens with one attached hydrogen (secondary N) is 1. The molecule has 0 saturated heterocycles. The van der Waals surface area contributed by atoms with E-state index in [1.807, 2.05) is 6.07 Å². The molecule has 7 nitrogen and oxygen atoms in total. The van der Waals surface area contributed by atoms with Crippen molar-refractivity contribution in [3.8, 4) is 0 Å². The number of pyridine rings is 1. The van der Waals surface area contributed by atoms with Crippen LogP contribution in [0, 0.1) is 0 Å². The van der Waals surface area contributed by atoms with E-state index in [0.29, 0.717) is 13.0 Å². The number of methoxy groups -OCH3 is 1. The van der Waals surface area contributed by atoms with E-state index in [9.17, 15) is 4.79 Å². The normalized spacial score (nSPS) is 13.4. The minimum absolute atomic E-state index is 0.220. The van der Waals surface area contributed by atoms with Gasteiger partial charge in [0.1, 0.15) is 5.82 Å². The molecule has 1 aliphatic rings. The van der Waals surface area contributed by atoms with Crippen molar-refractivity contribution >= 4 is 11.8 Å². The van der Waals surface area contributed by atoms with E-state index in [4.69, 9.17) is 0 Å². The lowest BCUT2D eigenvalue weighted by Gasteiger charge is -2.17. The summed E-state index contributed by atoms with van der Waals surface area (Å²) in [5.41, 5.74) is 2.48. The topological polar surface area (TPSA) is 81.9 Å². The van der Waals surface area contributed by atoms with E-state index in [1.165, 1.54) is 23.7 Å². The molecule has 0 unspecified atom stereocenters. The summed E-state index contributed by atoms with van der Waals surface area (Å²) in [5.74, 6) is 0.514. The Hall–Kier alpha value is -2.44. The molecule has 0 spiro atoms. The summed E-state index contributed by atoms with van der Waals surface area (Å²) in [5, 5.41) is 11.4. The molecule has 0 saturated carbocycles. The minimum atomic E-state index is -0.475. The molecule has 1 N–H and O–H groups in total. The van der Waals surface area contributed by atoms with Crippen molar-refractivity contribution in [1.82, 2.24) is 20.0 Å². The second-order valence-corrected chi connectivity index (χ2v) is 4.91. The predicted molar refractivity (Wildman–Crippen MR) is 76.1 cm³/mol. The summed E-state index contributed by atoms with van der Waals surface area (Å²) in [7, 11) is 1.32. The maximum absolute atomic E-state index is 11.3. The van der Waals surface area contributed by atoms with Crippen LogP contribution in [0.1, 0.15) is 28.2 Å². The van der Waals surface area contributed by atoms with Crippen LogP contribution >= 0.6 is 0 Å². The van der Waals surface area contributed by atoms with Crippen molar-refractivity contribution < 1.29 is 9.53 Å². The van der Waals surface area contributed by atoms with Crippen LogP contribution in [0.4, 0.5) is 5.82 Å². The second kappa shape index (κ2) is 5.90. The average Bonchev–Trinajstić information content (AvgIpc) is 3.01. The fourth-order valence-electron chi connectivity index (χ4n) is 2.33. The van der Waals surface area contributed by atoms with Gasteiger partial charge in [-0.2, -0.15) is 9.90 Å². The van der Waals surface area contributed by atoms with E-state index < -0.39 is 5.97 Å². The van der Waals surface area contributed by atoms with Crippen molar-refractivity contribution in [3.63, 3.8) is 0 Å². The second-order valence-electron chi connectivity index (χ2n) is 4.91. The summed E-state index contributed by atoms with van der Waals surface area (Å²) in [6.45, 7) is 1.55. The molecular weight excluding hydrogens is 270 g/mol. The number of anilines is 1. The van der Waals surface area contributed by atoms with Crippen LogP contribution in [-0.4, -0.2) is 39.6 Å². The van der Waals surface area contributed by atoms with Gasteiger partial charge < -0.3 is 10.1 Å². The zero-order valence-corrected chi connectivity index (χ0v) is 11.9. The number of rotatable bonds is 4. The molecule has 2 aromatic rings. The molecule has 7 heteroatoms. The Bertz CT molecular complexity index is 653. The number of carbonyl (C=O) groups excluding carboxylic acids is 1.